The molecule has 0 bridgehead atoms. The van der Waals surface area contributed by atoms with Crippen LogP contribution in [0.5, 0.6) is 0 Å². The van der Waals surface area contributed by atoms with Gasteiger partial charge in [-0.1, -0.05) is 23.9 Å². The number of imide groups is 1. The van der Waals surface area contributed by atoms with Gasteiger partial charge in [-0.25, -0.2) is 0 Å². The lowest BCUT2D eigenvalue weighted by molar-refractivity contribution is -0.125. The maximum absolute atomic E-state index is 12.8. The van der Waals surface area contributed by atoms with Crippen LogP contribution >= 0.6 is 24.2 Å². The molecule has 1 aromatic rings. The molecule has 154 valence electrons. The molecule has 0 saturated carbocycles. The summed E-state index contributed by atoms with van der Waals surface area (Å²) in [6.45, 7) is 2.83. The summed E-state index contributed by atoms with van der Waals surface area (Å²) in [6.07, 6.45) is 2.69. The van der Waals surface area contributed by atoms with Crippen molar-refractivity contribution in [2.24, 2.45) is 5.73 Å². The average Bonchev–Trinajstić information content (AvgIpc) is 3.00. The van der Waals surface area contributed by atoms with Crippen LogP contribution in [0.1, 0.15) is 35.2 Å². The van der Waals surface area contributed by atoms with Crippen molar-refractivity contribution >= 4 is 41.2 Å². The summed E-state index contributed by atoms with van der Waals surface area (Å²) in [6, 6.07) is 7.18. The number of hydrogen-bond donors (Lipinski definition) is 1. The van der Waals surface area contributed by atoms with E-state index in [0.29, 0.717) is 31.8 Å². The Kier molecular flexibility index (Phi) is 8.75. The molecule has 2 saturated heterocycles. The van der Waals surface area contributed by atoms with E-state index in [1.54, 1.807) is 18.2 Å². The molecule has 28 heavy (non-hydrogen) atoms. The molecule has 1 aromatic carbocycles. The minimum Gasteiger partial charge on any atom is -0.378 e. The number of hydrogen-bond acceptors (Lipinski definition) is 6. The average molecular weight is 428 g/mol. The van der Waals surface area contributed by atoms with E-state index in [2.05, 4.69) is 0 Å². The van der Waals surface area contributed by atoms with Gasteiger partial charge < -0.3 is 15.4 Å². The molecule has 9 heteroatoms. The van der Waals surface area contributed by atoms with Gasteiger partial charge in [0.05, 0.1) is 18.4 Å². The second-order valence-corrected chi connectivity index (χ2v) is 7.67. The number of halogens is 1. The Morgan fingerprint density at radius 3 is 2.64 bits per heavy atom. The third-order valence-electron chi connectivity index (χ3n) is 4.79. The van der Waals surface area contributed by atoms with Crippen LogP contribution < -0.4 is 5.73 Å². The zero-order valence-electron chi connectivity index (χ0n) is 15.7. The SMILES string of the molecule is Cl.NCCCOC1CCN(C(=O)c2cccc(CN3C(=O)CSC3=O)c2)CC1. The summed E-state index contributed by atoms with van der Waals surface area (Å²) in [5.41, 5.74) is 6.84. The molecular weight excluding hydrogens is 402 g/mol. The molecule has 3 amide bonds. The number of thioether (sulfide) groups is 1. The number of benzene rings is 1. The number of nitrogens with zero attached hydrogens (tertiary/aromatic N) is 2. The zero-order chi connectivity index (χ0) is 19.2. The van der Waals surface area contributed by atoms with Crippen LogP contribution in [0.2, 0.25) is 0 Å². The predicted octanol–water partition coefficient (Wildman–Crippen LogP) is 2.27. The number of carbonyl (C=O) groups excluding carboxylic acids is 3. The third-order valence-corrected chi connectivity index (χ3v) is 5.65. The van der Waals surface area contributed by atoms with Crippen molar-refractivity contribution in [1.29, 1.82) is 0 Å². The van der Waals surface area contributed by atoms with Gasteiger partial charge in [-0.2, -0.15) is 0 Å². The molecule has 2 N–H and O–H groups in total. The van der Waals surface area contributed by atoms with Gasteiger partial charge in [-0.15, -0.1) is 12.4 Å². The predicted molar refractivity (Wildman–Crippen MR) is 111 cm³/mol. The van der Waals surface area contributed by atoms with Gasteiger partial charge in [0, 0.05) is 25.3 Å². The smallest absolute Gasteiger partial charge is 0.289 e. The minimum absolute atomic E-state index is 0. The fourth-order valence-electron chi connectivity index (χ4n) is 3.26. The highest BCUT2D eigenvalue weighted by Gasteiger charge is 2.30. The quantitative estimate of drug-likeness (QED) is 0.671. The number of carbonyl (C=O) groups is 3. The van der Waals surface area contributed by atoms with Gasteiger partial charge in [0.1, 0.15) is 0 Å². The summed E-state index contributed by atoms with van der Waals surface area (Å²) in [5.74, 6) is -0.0103. The van der Waals surface area contributed by atoms with Crippen molar-refractivity contribution in [3.05, 3.63) is 35.4 Å². The molecule has 2 aliphatic heterocycles. The molecule has 0 unspecified atom stereocenters. The number of nitrogens with two attached hydrogens (primary N) is 1. The highest BCUT2D eigenvalue weighted by molar-refractivity contribution is 8.14. The molecule has 3 rings (SSSR count). The minimum atomic E-state index is -0.228. The van der Waals surface area contributed by atoms with Crippen molar-refractivity contribution < 1.29 is 19.1 Å². The molecule has 0 radical (unpaired) electrons. The van der Waals surface area contributed by atoms with Crippen molar-refractivity contribution in [3.63, 3.8) is 0 Å². The van der Waals surface area contributed by atoms with E-state index >= 15 is 0 Å². The Morgan fingerprint density at radius 2 is 2.00 bits per heavy atom. The van der Waals surface area contributed by atoms with Gasteiger partial charge in [0.25, 0.3) is 11.1 Å². The maximum Gasteiger partial charge on any atom is 0.289 e. The van der Waals surface area contributed by atoms with E-state index in [0.717, 1.165) is 36.6 Å². The second-order valence-electron chi connectivity index (χ2n) is 6.74. The van der Waals surface area contributed by atoms with Crippen molar-refractivity contribution in [2.75, 3.05) is 32.0 Å². The molecule has 0 aliphatic carbocycles. The monoisotopic (exact) mass is 427 g/mol. The van der Waals surface area contributed by atoms with Crippen molar-refractivity contribution in [3.8, 4) is 0 Å². The van der Waals surface area contributed by atoms with Gasteiger partial charge in [-0.05, 0) is 43.5 Å². The lowest BCUT2D eigenvalue weighted by Crippen LogP contribution is -2.41. The molecule has 2 fully saturated rings. The van der Waals surface area contributed by atoms with Crippen LogP contribution in [0.15, 0.2) is 24.3 Å². The topological polar surface area (TPSA) is 92.9 Å². The van der Waals surface area contributed by atoms with Crippen LogP contribution in [-0.4, -0.2) is 65.0 Å². The van der Waals surface area contributed by atoms with E-state index in [4.69, 9.17) is 10.5 Å². The Balaban J connectivity index is 0.00000280. The van der Waals surface area contributed by atoms with Crippen LogP contribution in [0.25, 0.3) is 0 Å². The fraction of sp³-hybridized carbons (Fsp3) is 0.526. The van der Waals surface area contributed by atoms with E-state index in [1.807, 2.05) is 11.0 Å². The molecule has 0 atom stereocenters. The summed E-state index contributed by atoms with van der Waals surface area (Å²) in [7, 11) is 0. The lowest BCUT2D eigenvalue weighted by atomic mass is 10.0. The Hall–Kier alpha value is -1.61. The largest absolute Gasteiger partial charge is 0.378 e. The normalized spacial score (nSPS) is 17.8. The summed E-state index contributed by atoms with van der Waals surface area (Å²) < 4.78 is 5.78. The lowest BCUT2D eigenvalue weighted by Gasteiger charge is -2.32. The molecule has 2 heterocycles. The van der Waals surface area contributed by atoms with Crippen molar-refractivity contribution in [1.82, 2.24) is 9.80 Å². The maximum atomic E-state index is 12.8. The van der Waals surface area contributed by atoms with Crippen LogP contribution in [0.3, 0.4) is 0 Å². The van der Waals surface area contributed by atoms with E-state index in [-0.39, 0.29) is 47.9 Å². The van der Waals surface area contributed by atoms with Crippen LogP contribution in [0.4, 0.5) is 4.79 Å². The third kappa shape index (κ3) is 5.70. The first-order valence-electron chi connectivity index (χ1n) is 9.25. The van der Waals surface area contributed by atoms with Gasteiger partial charge >= 0.3 is 0 Å². The molecule has 0 aromatic heterocycles. The highest BCUT2D eigenvalue weighted by atomic mass is 35.5. The number of rotatable bonds is 7. The Labute approximate surface area is 175 Å². The number of ether oxygens (including phenoxy) is 1. The number of piperidine rings is 1. The number of likely N-dealkylation sites (tertiary alicyclic amines) is 1. The summed E-state index contributed by atoms with van der Waals surface area (Å²) in [4.78, 5) is 39.4. The van der Waals surface area contributed by atoms with E-state index in [9.17, 15) is 14.4 Å². The fourth-order valence-corrected chi connectivity index (χ4v) is 3.99. The molecule has 7 nitrogen and oxygen atoms in total. The van der Waals surface area contributed by atoms with Crippen molar-refractivity contribution in [2.45, 2.75) is 31.9 Å². The van der Waals surface area contributed by atoms with E-state index in [1.165, 1.54) is 4.90 Å². The van der Waals surface area contributed by atoms with Gasteiger partial charge in [0.2, 0.25) is 5.91 Å². The first-order valence-corrected chi connectivity index (χ1v) is 10.2. The Morgan fingerprint density at radius 1 is 1.25 bits per heavy atom. The van der Waals surface area contributed by atoms with Crippen LogP contribution in [0, 0.1) is 0 Å². The van der Waals surface area contributed by atoms with Gasteiger partial charge in [0.15, 0.2) is 0 Å². The van der Waals surface area contributed by atoms with Gasteiger partial charge in [-0.3, -0.25) is 19.3 Å². The molecule has 0 spiro atoms. The standard InChI is InChI=1S/C19H25N3O4S.ClH/c20-7-2-10-26-16-5-8-21(9-6-16)18(24)15-4-1-3-14(11-15)12-22-17(23)13-27-19(22)25;/h1,3-4,11,16H,2,5-10,12-13,20H2;1H. The highest BCUT2D eigenvalue weighted by Crippen LogP contribution is 2.22. The first kappa shape index (κ1) is 22.7. The molecular formula is C19H26ClN3O4S. The number of amides is 3. The summed E-state index contributed by atoms with van der Waals surface area (Å²) >= 11 is 1.02. The molecule has 2 aliphatic rings. The van der Waals surface area contributed by atoms with E-state index < -0.39 is 0 Å². The second kappa shape index (κ2) is 10.8. The summed E-state index contributed by atoms with van der Waals surface area (Å²) in [5, 5.41) is -0.228. The zero-order valence-corrected chi connectivity index (χ0v) is 17.3. The first-order chi connectivity index (χ1) is 13.1. The Bertz CT molecular complexity index is 694. The van der Waals surface area contributed by atoms with Crippen LogP contribution in [-0.2, 0) is 16.1 Å².